The van der Waals surface area contributed by atoms with E-state index in [2.05, 4.69) is 5.16 Å². The van der Waals surface area contributed by atoms with Gasteiger partial charge in [-0.2, -0.15) is 0 Å². The first-order valence-electron chi connectivity index (χ1n) is 3.56. The van der Waals surface area contributed by atoms with Gasteiger partial charge in [0, 0.05) is 0 Å². The maximum atomic E-state index is 10.6. The summed E-state index contributed by atoms with van der Waals surface area (Å²) in [4.78, 5) is 10.6. The van der Waals surface area contributed by atoms with Crippen molar-refractivity contribution in [2.45, 2.75) is 13.0 Å². The number of nitrogens with zero attached hydrogens (tertiary/aromatic N) is 1. The van der Waals surface area contributed by atoms with Crippen LogP contribution in [-0.2, 0) is 4.79 Å². The van der Waals surface area contributed by atoms with E-state index in [1.807, 2.05) is 0 Å². The molecule has 72 valence electrons. The van der Waals surface area contributed by atoms with Crippen molar-refractivity contribution in [2.75, 3.05) is 7.11 Å². The van der Waals surface area contributed by atoms with Crippen LogP contribution in [0.15, 0.2) is 4.52 Å². The Labute approximate surface area is 74.3 Å². The predicted octanol–water partition coefficient (Wildman–Crippen LogP) is 0.0760. The van der Waals surface area contributed by atoms with Gasteiger partial charge in [0.05, 0.1) is 18.4 Å². The van der Waals surface area contributed by atoms with Crippen LogP contribution in [0.1, 0.15) is 17.3 Å². The molecule has 0 saturated carbocycles. The van der Waals surface area contributed by atoms with E-state index in [-0.39, 0.29) is 11.5 Å². The molecule has 6 heteroatoms. The number of carbonyl (C=O) groups is 1. The highest BCUT2D eigenvalue weighted by atomic mass is 16.6. The minimum atomic E-state index is -1.17. The first-order valence-corrected chi connectivity index (χ1v) is 3.56. The van der Waals surface area contributed by atoms with Gasteiger partial charge < -0.3 is 20.1 Å². The van der Waals surface area contributed by atoms with Gasteiger partial charge in [0.15, 0.2) is 0 Å². The number of ether oxygens (including phenoxy) is 1. The number of carboxylic acid groups (broad SMARTS) is 1. The molecule has 0 aliphatic rings. The zero-order chi connectivity index (χ0) is 10.0. The van der Waals surface area contributed by atoms with Crippen molar-refractivity contribution in [1.82, 2.24) is 5.16 Å². The molecule has 0 bridgehead atoms. The first-order chi connectivity index (χ1) is 6.07. The third-order valence-electron chi connectivity index (χ3n) is 1.64. The van der Waals surface area contributed by atoms with Crippen LogP contribution in [0.5, 0.6) is 5.95 Å². The van der Waals surface area contributed by atoms with Crippen LogP contribution in [0.25, 0.3) is 0 Å². The molecule has 6 nitrogen and oxygen atoms in total. The van der Waals surface area contributed by atoms with Crippen molar-refractivity contribution in [3.05, 3.63) is 11.3 Å². The summed E-state index contributed by atoms with van der Waals surface area (Å²) in [6, 6.07) is -1.17. The maximum absolute atomic E-state index is 10.6. The molecule has 0 aliphatic heterocycles. The first kappa shape index (κ1) is 9.53. The summed E-state index contributed by atoms with van der Waals surface area (Å²) in [5.41, 5.74) is 6.08. The number of rotatable bonds is 3. The summed E-state index contributed by atoms with van der Waals surface area (Å²) < 4.78 is 9.47. The van der Waals surface area contributed by atoms with Gasteiger partial charge in [-0.25, -0.2) is 0 Å². The summed E-state index contributed by atoms with van der Waals surface area (Å²) >= 11 is 0. The summed E-state index contributed by atoms with van der Waals surface area (Å²) in [5.74, 6) is -1.10. The number of hydrogen-bond acceptors (Lipinski definition) is 5. The second kappa shape index (κ2) is 3.44. The lowest BCUT2D eigenvalue weighted by Crippen LogP contribution is -2.21. The average Bonchev–Trinajstić information content (AvgIpc) is 2.45. The molecule has 1 unspecified atom stereocenters. The molecule has 1 aromatic rings. The predicted molar refractivity (Wildman–Crippen MR) is 42.4 cm³/mol. The van der Waals surface area contributed by atoms with Crippen molar-refractivity contribution in [3.8, 4) is 5.95 Å². The van der Waals surface area contributed by atoms with Crippen LogP contribution >= 0.6 is 0 Å². The molecule has 0 aliphatic carbocycles. The van der Waals surface area contributed by atoms with Crippen molar-refractivity contribution < 1.29 is 19.2 Å². The van der Waals surface area contributed by atoms with Gasteiger partial charge in [-0.3, -0.25) is 4.79 Å². The Kier molecular flexibility index (Phi) is 2.52. The van der Waals surface area contributed by atoms with Crippen LogP contribution in [0.4, 0.5) is 0 Å². The van der Waals surface area contributed by atoms with Crippen molar-refractivity contribution in [3.63, 3.8) is 0 Å². The Hall–Kier alpha value is -1.56. The van der Waals surface area contributed by atoms with Crippen LogP contribution in [0.3, 0.4) is 0 Å². The molecule has 0 aromatic carbocycles. The molecule has 1 aromatic heterocycles. The third-order valence-corrected chi connectivity index (χ3v) is 1.64. The second-order valence-corrected chi connectivity index (χ2v) is 2.49. The van der Waals surface area contributed by atoms with Crippen LogP contribution in [-0.4, -0.2) is 23.3 Å². The number of hydrogen-bond donors (Lipinski definition) is 2. The largest absolute Gasteiger partial charge is 0.480 e. The summed E-state index contributed by atoms with van der Waals surface area (Å²) in [5, 5.41) is 12.2. The highest BCUT2D eigenvalue weighted by molar-refractivity contribution is 5.76. The molecule has 0 spiro atoms. The molecule has 13 heavy (non-hydrogen) atoms. The number of nitrogens with two attached hydrogens (primary N) is 1. The van der Waals surface area contributed by atoms with Gasteiger partial charge in [-0.05, 0) is 6.92 Å². The molecular weight excluding hydrogens is 176 g/mol. The van der Waals surface area contributed by atoms with Gasteiger partial charge in [0.1, 0.15) is 6.04 Å². The number of aliphatic carboxylic acids is 1. The summed E-state index contributed by atoms with van der Waals surface area (Å²) in [7, 11) is 1.36. The molecule has 1 heterocycles. The molecule has 3 N–H and O–H groups in total. The molecule has 0 amide bonds. The average molecular weight is 186 g/mol. The Balaban J connectivity index is 3.10. The molecule has 0 radical (unpaired) electrons. The maximum Gasteiger partial charge on any atom is 0.325 e. The molecule has 1 atom stereocenters. The van der Waals surface area contributed by atoms with Gasteiger partial charge in [-0.1, -0.05) is 5.16 Å². The fourth-order valence-corrected chi connectivity index (χ4v) is 0.979. The zero-order valence-corrected chi connectivity index (χ0v) is 7.27. The third kappa shape index (κ3) is 1.62. The molecule has 0 fully saturated rings. The Bertz CT molecular complexity index is 320. The number of carboxylic acids is 1. The fraction of sp³-hybridized carbons (Fsp3) is 0.429. The second-order valence-electron chi connectivity index (χ2n) is 2.49. The number of aromatic nitrogens is 1. The molecule has 0 saturated heterocycles. The van der Waals surface area contributed by atoms with Crippen molar-refractivity contribution in [2.24, 2.45) is 5.73 Å². The normalized spacial score (nSPS) is 12.5. The minimum absolute atomic E-state index is 0.0485. The van der Waals surface area contributed by atoms with Crippen molar-refractivity contribution in [1.29, 1.82) is 0 Å². The van der Waals surface area contributed by atoms with Gasteiger partial charge in [0.25, 0.3) is 0 Å². The van der Waals surface area contributed by atoms with E-state index in [9.17, 15) is 4.79 Å². The van der Waals surface area contributed by atoms with Crippen LogP contribution in [0.2, 0.25) is 0 Å². The van der Waals surface area contributed by atoms with E-state index >= 15 is 0 Å². The molecule has 1 rings (SSSR count). The topological polar surface area (TPSA) is 98.6 Å². The monoisotopic (exact) mass is 186 g/mol. The van der Waals surface area contributed by atoms with E-state index in [1.165, 1.54) is 7.11 Å². The van der Waals surface area contributed by atoms with Crippen LogP contribution < -0.4 is 10.5 Å². The van der Waals surface area contributed by atoms with E-state index < -0.39 is 12.0 Å². The van der Waals surface area contributed by atoms with Gasteiger partial charge in [-0.15, -0.1) is 0 Å². The Morgan fingerprint density at radius 3 is 2.85 bits per heavy atom. The van der Waals surface area contributed by atoms with Crippen LogP contribution in [0, 0.1) is 6.92 Å². The van der Waals surface area contributed by atoms with E-state index in [0.717, 1.165) is 0 Å². The highest BCUT2D eigenvalue weighted by Gasteiger charge is 2.25. The van der Waals surface area contributed by atoms with E-state index in [1.54, 1.807) is 6.92 Å². The smallest absolute Gasteiger partial charge is 0.325 e. The lowest BCUT2D eigenvalue weighted by Gasteiger charge is -2.04. The number of aryl methyl sites for hydroxylation is 1. The quantitative estimate of drug-likeness (QED) is 0.693. The van der Waals surface area contributed by atoms with Crippen molar-refractivity contribution >= 4 is 5.97 Å². The Morgan fingerprint density at radius 2 is 2.38 bits per heavy atom. The SMILES string of the molecule is COc1onc(C)c1C(N)C(=O)O. The Morgan fingerprint density at radius 1 is 1.77 bits per heavy atom. The standard InChI is InChI=1S/C7H10N2O4/c1-3-4(5(8)6(10)11)7(12-2)13-9-3/h5H,8H2,1-2H3,(H,10,11). The highest BCUT2D eigenvalue weighted by Crippen LogP contribution is 2.26. The fourth-order valence-electron chi connectivity index (χ4n) is 0.979. The number of methoxy groups -OCH3 is 1. The van der Waals surface area contributed by atoms with E-state index in [0.29, 0.717) is 5.69 Å². The minimum Gasteiger partial charge on any atom is -0.480 e. The lowest BCUT2D eigenvalue weighted by atomic mass is 10.1. The van der Waals surface area contributed by atoms with E-state index in [4.69, 9.17) is 20.1 Å². The zero-order valence-electron chi connectivity index (χ0n) is 7.27. The van der Waals surface area contributed by atoms with Gasteiger partial charge in [0.2, 0.25) is 0 Å². The lowest BCUT2D eigenvalue weighted by molar-refractivity contribution is -0.138. The molecular formula is C7H10N2O4. The summed E-state index contributed by atoms with van der Waals surface area (Å²) in [6.07, 6.45) is 0. The summed E-state index contributed by atoms with van der Waals surface area (Å²) in [6.45, 7) is 1.60. The van der Waals surface area contributed by atoms with Gasteiger partial charge >= 0.3 is 11.9 Å².